The van der Waals surface area contributed by atoms with Gasteiger partial charge in [0.05, 0.1) is 0 Å². The average Bonchev–Trinajstić information content (AvgIpc) is 3.14. The summed E-state index contributed by atoms with van der Waals surface area (Å²) in [5.41, 5.74) is 8.85. The Bertz CT molecular complexity index is 1270. The maximum absolute atomic E-state index is 6.05. The zero-order chi connectivity index (χ0) is 20.3. The van der Waals surface area contributed by atoms with Crippen molar-refractivity contribution in [3.63, 3.8) is 0 Å². The molecule has 146 valence electrons. The molecule has 1 nitrogen and oxygen atoms in total. The van der Waals surface area contributed by atoms with E-state index < -0.39 is 0 Å². The fraction of sp³-hybridized carbons (Fsp3) is 0.0714. The van der Waals surface area contributed by atoms with Gasteiger partial charge in [-0.2, -0.15) is 0 Å². The van der Waals surface area contributed by atoms with Crippen LogP contribution in [-0.4, -0.2) is 4.98 Å². The van der Waals surface area contributed by atoms with Gasteiger partial charge in [-0.05, 0) is 52.9 Å². The Morgan fingerprint density at radius 1 is 0.600 bits per heavy atom. The summed E-state index contributed by atoms with van der Waals surface area (Å²) in [4.78, 5) is 3.69. The lowest BCUT2D eigenvalue weighted by Gasteiger charge is -2.07. The molecule has 1 N–H and O–H groups in total. The molecule has 2 heteroatoms. The highest BCUT2D eigenvalue weighted by atomic mass is 35.5. The summed E-state index contributed by atoms with van der Waals surface area (Å²) < 4.78 is 0. The normalized spacial score (nSPS) is 11.1. The van der Waals surface area contributed by atoms with Crippen molar-refractivity contribution in [2.75, 3.05) is 0 Å². The second-order valence-electron chi connectivity index (χ2n) is 7.69. The van der Waals surface area contributed by atoms with Gasteiger partial charge in [0.2, 0.25) is 0 Å². The first-order valence-corrected chi connectivity index (χ1v) is 10.6. The quantitative estimate of drug-likeness (QED) is 0.307. The largest absolute Gasteiger partial charge is 0.358 e. The summed E-state index contributed by atoms with van der Waals surface area (Å²) in [6.45, 7) is 0. The number of fused-ring (bicyclic) bond motifs is 1. The van der Waals surface area contributed by atoms with E-state index in [4.69, 9.17) is 11.6 Å². The van der Waals surface area contributed by atoms with Gasteiger partial charge in [0.15, 0.2) is 0 Å². The first kappa shape index (κ1) is 18.7. The maximum Gasteiger partial charge on any atom is 0.0462 e. The number of H-pyrrole nitrogens is 1. The number of nitrogens with one attached hydrogen (secondary N) is 1. The highest BCUT2D eigenvalue weighted by Gasteiger charge is 2.14. The van der Waals surface area contributed by atoms with Crippen molar-refractivity contribution in [1.82, 2.24) is 4.98 Å². The molecule has 0 radical (unpaired) electrons. The summed E-state index contributed by atoms with van der Waals surface area (Å²) in [5.74, 6) is 0. The van der Waals surface area contributed by atoms with E-state index in [0.717, 1.165) is 17.9 Å². The third-order valence-corrected chi connectivity index (χ3v) is 5.80. The summed E-state index contributed by atoms with van der Waals surface area (Å²) in [6.07, 6.45) is 1.77. The van der Waals surface area contributed by atoms with Crippen molar-refractivity contribution < 1.29 is 0 Å². The summed E-state index contributed by atoms with van der Waals surface area (Å²) in [5, 5.41) is 2.05. The minimum atomic E-state index is 0.775. The summed E-state index contributed by atoms with van der Waals surface area (Å²) in [7, 11) is 0. The minimum Gasteiger partial charge on any atom is -0.358 e. The number of aromatic nitrogens is 1. The van der Waals surface area contributed by atoms with E-state index in [9.17, 15) is 0 Å². The zero-order valence-electron chi connectivity index (χ0n) is 16.6. The average molecular weight is 408 g/mol. The molecule has 0 spiro atoms. The molecule has 0 saturated heterocycles. The number of halogens is 1. The first-order valence-electron chi connectivity index (χ1n) is 10.2. The van der Waals surface area contributed by atoms with Crippen LogP contribution in [0.2, 0.25) is 5.02 Å². The Hall–Kier alpha value is -3.29. The summed E-state index contributed by atoms with van der Waals surface area (Å²) in [6, 6.07) is 36.2. The lowest BCUT2D eigenvalue weighted by molar-refractivity contribution is 1.12. The van der Waals surface area contributed by atoms with Gasteiger partial charge in [-0.3, -0.25) is 0 Å². The molecule has 0 saturated carbocycles. The molecule has 30 heavy (non-hydrogen) atoms. The molecule has 5 aromatic rings. The van der Waals surface area contributed by atoms with Gasteiger partial charge < -0.3 is 4.98 Å². The number of hydrogen-bond acceptors (Lipinski definition) is 0. The molecule has 5 rings (SSSR count). The van der Waals surface area contributed by atoms with E-state index in [0.29, 0.717) is 0 Å². The SMILES string of the molecule is Clc1ccc(Cc2ccc3[nH]c(Cc4ccccc4)c(-c4ccccc4)c3c2)cc1. The van der Waals surface area contributed by atoms with E-state index in [1.807, 2.05) is 12.1 Å². The van der Waals surface area contributed by atoms with Crippen LogP contribution < -0.4 is 0 Å². The third-order valence-electron chi connectivity index (χ3n) is 5.55. The third kappa shape index (κ3) is 3.90. The Morgan fingerprint density at radius 3 is 1.97 bits per heavy atom. The van der Waals surface area contributed by atoms with Crippen LogP contribution in [0.1, 0.15) is 22.4 Å². The molecule has 0 aliphatic carbocycles. The Kier molecular flexibility index (Phi) is 5.13. The standard InChI is InChI=1S/C28H22ClN/c29-24-14-11-21(12-15-24)17-22-13-16-26-25(18-22)28(23-9-5-2-6-10-23)27(30-26)19-20-7-3-1-4-8-20/h1-16,18,30H,17,19H2. The predicted octanol–water partition coefficient (Wildman–Crippen LogP) is 7.67. The molecule has 4 aromatic carbocycles. The van der Waals surface area contributed by atoms with Crippen molar-refractivity contribution in [3.8, 4) is 11.1 Å². The molecule has 0 amide bonds. The molecule has 0 aliphatic rings. The monoisotopic (exact) mass is 407 g/mol. The number of hydrogen-bond donors (Lipinski definition) is 1. The predicted molar refractivity (Wildman–Crippen MR) is 127 cm³/mol. The minimum absolute atomic E-state index is 0.775. The topological polar surface area (TPSA) is 15.8 Å². The van der Waals surface area contributed by atoms with E-state index >= 15 is 0 Å². The van der Waals surface area contributed by atoms with Crippen molar-refractivity contribution in [2.24, 2.45) is 0 Å². The van der Waals surface area contributed by atoms with Crippen LogP contribution in [0, 0.1) is 0 Å². The molecule has 0 aliphatic heterocycles. The zero-order valence-corrected chi connectivity index (χ0v) is 17.4. The number of benzene rings is 4. The lowest BCUT2D eigenvalue weighted by Crippen LogP contribution is -1.91. The van der Waals surface area contributed by atoms with Crippen LogP contribution in [0.15, 0.2) is 103 Å². The molecule has 1 aromatic heterocycles. The van der Waals surface area contributed by atoms with Crippen LogP contribution in [0.3, 0.4) is 0 Å². The highest BCUT2D eigenvalue weighted by molar-refractivity contribution is 6.30. The van der Waals surface area contributed by atoms with Gasteiger partial charge in [-0.25, -0.2) is 0 Å². The number of rotatable bonds is 5. The second kappa shape index (κ2) is 8.22. The van der Waals surface area contributed by atoms with Crippen molar-refractivity contribution in [2.45, 2.75) is 12.8 Å². The van der Waals surface area contributed by atoms with Crippen LogP contribution in [-0.2, 0) is 12.8 Å². The molecule has 0 unspecified atom stereocenters. The second-order valence-corrected chi connectivity index (χ2v) is 8.13. The van der Waals surface area contributed by atoms with Crippen LogP contribution in [0.5, 0.6) is 0 Å². The van der Waals surface area contributed by atoms with Crippen molar-refractivity contribution in [1.29, 1.82) is 0 Å². The smallest absolute Gasteiger partial charge is 0.0462 e. The van der Waals surface area contributed by atoms with Gasteiger partial charge in [0, 0.05) is 33.6 Å². The molecule has 0 bridgehead atoms. The van der Waals surface area contributed by atoms with Gasteiger partial charge in [0.1, 0.15) is 0 Å². The molecular formula is C28H22ClN. The van der Waals surface area contributed by atoms with Crippen molar-refractivity contribution in [3.05, 3.63) is 131 Å². The van der Waals surface area contributed by atoms with Gasteiger partial charge in [-0.1, -0.05) is 90.5 Å². The van der Waals surface area contributed by atoms with Crippen LogP contribution in [0.25, 0.3) is 22.0 Å². The first-order chi connectivity index (χ1) is 14.8. The Labute approximate surface area is 182 Å². The van der Waals surface area contributed by atoms with Crippen LogP contribution in [0.4, 0.5) is 0 Å². The molecule has 0 fully saturated rings. The lowest BCUT2D eigenvalue weighted by atomic mass is 9.96. The highest BCUT2D eigenvalue weighted by Crippen LogP contribution is 2.34. The maximum atomic E-state index is 6.05. The summed E-state index contributed by atoms with van der Waals surface area (Å²) >= 11 is 6.05. The van der Waals surface area contributed by atoms with Gasteiger partial charge in [0.25, 0.3) is 0 Å². The Morgan fingerprint density at radius 2 is 1.23 bits per heavy atom. The van der Waals surface area contributed by atoms with E-state index in [-0.39, 0.29) is 0 Å². The fourth-order valence-corrected chi connectivity index (χ4v) is 4.24. The molecule has 0 atom stereocenters. The Balaban J connectivity index is 1.60. The van der Waals surface area contributed by atoms with Gasteiger partial charge >= 0.3 is 0 Å². The van der Waals surface area contributed by atoms with Gasteiger partial charge in [-0.15, -0.1) is 0 Å². The van der Waals surface area contributed by atoms with E-state index in [1.54, 1.807) is 0 Å². The molecule has 1 heterocycles. The van der Waals surface area contributed by atoms with Crippen LogP contribution >= 0.6 is 11.6 Å². The van der Waals surface area contributed by atoms with E-state index in [1.165, 1.54) is 44.4 Å². The van der Waals surface area contributed by atoms with Crippen molar-refractivity contribution >= 4 is 22.5 Å². The van der Waals surface area contributed by atoms with E-state index in [2.05, 4.69) is 96.0 Å². The molecular weight excluding hydrogens is 386 g/mol. The number of aromatic amines is 1. The fourth-order valence-electron chi connectivity index (χ4n) is 4.11.